The van der Waals surface area contributed by atoms with E-state index >= 15 is 0 Å². The Labute approximate surface area is 215 Å². The van der Waals surface area contributed by atoms with E-state index in [1.807, 2.05) is 20.8 Å². The van der Waals surface area contributed by atoms with Crippen molar-refractivity contribution in [2.24, 2.45) is 10.9 Å². The molecule has 0 spiro atoms. The maximum absolute atomic E-state index is 14.7. The number of fused-ring (bicyclic) bond motifs is 1. The highest BCUT2D eigenvalue weighted by Gasteiger charge is 2.52. The standard InChI is InChI=1S/C28H30ClFN4O2/c1-5-23(35)33-14-17(3)34(15-16(33)2)26-20-13-21(29)24(19-11-6-7-12-22(19)30)31-25(20)28(4,27(36)32-26)18-9-8-10-18/h5-7,11-13,16-18H,1,8-10,14-15H2,2-4H3. The lowest BCUT2D eigenvalue weighted by atomic mass is 9.62. The van der Waals surface area contributed by atoms with Gasteiger partial charge in [-0.05, 0) is 63.8 Å². The molecular formula is C28H30ClFN4O2. The van der Waals surface area contributed by atoms with E-state index in [4.69, 9.17) is 16.6 Å². The molecule has 3 aliphatic rings. The Morgan fingerprint density at radius 2 is 1.92 bits per heavy atom. The van der Waals surface area contributed by atoms with Gasteiger partial charge in [-0.1, -0.05) is 36.7 Å². The molecule has 2 fully saturated rings. The zero-order valence-electron chi connectivity index (χ0n) is 20.8. The molecule has 8 heteroatoms. The number of benzene rings is 1. The zero-order chi connectivity index (χ0) is 25.8. The third-order valence-electron chi connectivity index (χ3n) is 8.13. The van der Waals surface area contributed by atoms with Gasteiger partial charge in [-0.25, -0.2) is 9.37 Å². The Bertz CT molecular complexity index is 1290. The summed E-state index contributed by atoms with van der Waals surface area (Å²) in [6.07, 6.45) is 4.22. The van der Waals surface area contributed by atoms with Crippen LogP contribution in [0.4, 0.5) is 4.39 Å². The molecule has 0 radical (unpaired) electrons. The second-order valence-corrected chi connectivity index (χ2v) is 10.7. The van der Waals surface area contributed by atoms with Gasteiger partial charge in [0.15, 0.2) is 0 Å². The molecule has 0 N–H and O–H groups in total. The van der Waals surface area contributed by atoms with Crippen molar-refractivity contribution in [2.75, 3.05) is 13.1 Å². The lowest BCUT2D eigenvalue weighted by Crippen LogP contribution is -2.60. The third kappa shape index (κ3) is 3.76. The number of nitrogens with zero attached hydrogens (tertiary/aromatic N) is 4. The largest absolute Gasteiger partial charge is 0.349 e. The Morgan fingerprint density at radius 1 is 1.19 bits per heavy atom. The molecule has 2 aromatic rings. The third-order valence-corrected chi connectivity index (χ3v) is 8.42. The zero-order valence-corrected chi connectivity index (χ0v) is 21.6. The first-order chi connectivity index (χ1) is 17.2. The van der Waals surface area contributed by atoms with E-state index in [-0.39, 0.29) is 29.8 Å². The average Bonchev–Trinajstić information content (AvgIpc) is 2.81. The Kier molecular flexibility index (Phi) is 6.23. The van der Waals surface area contributed by atoms with Gasteiger partial charge in [0, 0.05) is 36.3 Å². The smallest absolute Gasteiger partial charge is 0.259 e. The van der Waals surface area contributed by atoms with Crippen LogP contribution in [0.5, 0.6) is 0 Å². The van der Waals surface area contributed by atoms with Crippen LogP contribution in [0.15, 0.2) is 48.0 Å². The second kappa shape index (κ2) is 9.11. The highest BCUT2D eigenvalue weighted by Crippen LogP contribution is 2.48. The number of aliphatic imine (C=N–C) groups is 1. The van der Waals surface area contributed by atoms with Crippen LogP contribution in [0.25, 0.3) is 11.3 Å². The van der Waals surface area contributed by atoms with Crippen molar-refractivity contribution in [1.29, 1.82) is 0 Å². The van der Waals surface area contributed by atoms with E-state index in [2.05, 4.69) is 16.5 Å². The predicted octanol–water partition coefficient (Wildman–Crippen LogP) is 4.99. The van der Waals surface area contributed by atoms with Crippen LogP contribution >= 0.6 is 11.6 Å². The summed E-state index contributed by atoms with van der Waals surface area (Å²) in [4.78, 5) is 39.5. The average molecular weight is 509 g/mol. The number of piperazine rings is 1. The molecule has 5 rings (SSSR count). The molecule has 1 saturated carbocycles. The van der Waals surface area contributed by atoms with Crippen LogP contribution in [-0.2, 0) is 15.0 Å². The second-order valence-electron chi connectivity index (χ2n) is 10.3. The van der Waals surface area contributed by atoms with E-state index in [0.717, 1.165) is 19.3 Å². The SMILES string of the molecule is C=CC(=O)N1CC(C)N(C2=NC(=O)C(C)(C3CCC3)c3nc(-c4ccccc4F)c(Cl)cc32)CC1C. The van der Waals surface area contributed by atoms with Crippen molar-refractivity contribution in [3.8, 4) is 11.3 Å². The van der Waals surface area contributed by atoms with Crippen molar-refractivity contribution in [3.63, 3.8) is 0 Å². The molecule has 0 bridgehead atoms. The van der Waals surface area contributed by atoms with E-state index < -0.39 is 11.2 Å². The van der Waals surface area contributed by atoms with Crippen LogP contribution in [0, 0.1) is 11.7 Å². The first kappa shape index (κ1) is 24.6. The van der Waals surface area contributed by atoms with Crippen molar-refractivity contribution in [3.05, 3.63) is 65.1 Å². The molecule has 3 heterocycles. The molecule has 3 atom stereocenters. The van der Waals surface area contributed by atoms with Crippen LogP contribution in [0.3, 0.4) is 0 Å². The van der Waals surface area contributed by atoms with Crippen molar-refractivity contribution in [2.45, 2.75) is 57.5 Å². The number of pyridine rings is 1. The normalized spacial score (nSPS) is 26.2. The summed E-state index contributed by atoms with van der Waals surface area (Å²) in [6, 6.07) is 7.98. The van der Waals surface area contributed by atoms with Gasteiger partial charge in [0.05, 0.1) is 21.8 Å². The van der Waals surface area contributed by atoms with Gasteiger partial charge in [-0.3, -0.25) is 9.59 Å². The summed E-state index contributed by atoms with van der Waals surface area (Å²) in [6.45, 7) is 10.5. The predicted molar refractivity (Wildman–Crippen MR) is 138 cm³/mol. The minimum absolute atomic E-state index is 0.0948. The fourth-order valence-electron chi connectivity index (χ4n) is 5.69. The highest BCUT2D eigenvalue weighted by molar-refractivity contribution is 6.33. The molecule has 1 aliphatic carbocycles. The van der Waals surface area contributed by atoms with Gasteiger partial charge in [-0.2, -0.15) is 4.99 Å². The lowest BCUT2D eigenvalue weighted by Gasteiger charge is -2.48. The van der Waals surface area contributed by atoms with Gasteiger partial charge in [0.25, 0.3) is 5.91 Å². The number of carbonyl (C=O) groups excluding carboxylic acids is 2. The molecule has 188 valence electrons. The van der Waals surface area contributed by atoms with Crippen molar-refractivity contribution in [1.82, 2.24) is 14.8 Å². The molecule has 1 saturated heterocycles. The maximum Gasteiger partial charge on any atom is 0.259 e. The van der Waals surface area contributed by atoms with Crippen LogP contribution in [-0.4, -0.2) is 57.6 Å². The van der Waals surface area contributed by atoms with Crippen molar-refractivity contribution >= 4 is 29.3 Å². The summed E-state index contributed by atoms with van der Waals surface area (Å²) < 4.78 is 14.7. The van der Waals surface area contributed by atoms with Gasteiger partial charge < -0.3 is 9.80 Å². The van der Waals surface area contributed by atoms with E-state index in [9.17, 15) is 14.0 Å². The first-order valence-corrected chi connectivity index (χ1v) is 12.8. The molecular weight excluding hydrogens is 479 g/mol. The van der Waals surface area contributed by atoms with Gasteiger partial charge in [0.2, 0.25) is 5.91 Å². The number of aromatic nitrogens is 1. The van der Waals surface area contributed by atoms with E-state index in [0.29, 0.717) is 46.5 Å². The molecule has 36 heavy (non-hydrogen) atoms. The van der Waals surface area contributed by atoms with Crippen molar-refractivity contribution < 1.29 is 14.0 Å². The Morgan fingerprint density at radius 3 is 2.56 bits per heavy atom. The molecule has 2 aliphatic heterocycles. The van der Waals surface area contributed by atoms with Gasteiger partial charge in [-0.15, -0.1) is 0 Å². The summed E-state index contributed by atoms with van der Waals surface area (Å²) in [5, 5.41) is 0.304. The van der Waals surface area contributed by atoms with E-state index in [1.54, 1.807) is 29.2 Å². The number of amides is 2. The van der Waals surface area contributed by atoms with Crippen LogP contribution < -0.4 is 0 Å². The van der Waals surface area contributed by atoms with Gasteiger partial charge in [0.1, 0.15) is 11.7 Å². The number of amidine groups is 1. The Balaban J connectivity index is 1.64. The summed E-state index contributed by atoms with van der Waals surface area (Å²) >= 11 is 6.73. The van der Waals surface area contributed by atoms with Crippen LogP contribution in [0.2, 0.25) is 5.02 Å². The fraction of sp³-hybridized carbons (Fsp3) is 0.429. The molecule has 3 unspecified atom stereocenters. The van der Waals surface area contributed by atoms with Crippen LogP contribution in [0.1, 0.15) is 51.3 Å². The minimum atomic E-state index is -0.906. The van der Waals surface area contributed by atoms with Gasteiger partial charge >= 0.3 is 0 Å². The number of halogens is 2. The fourth-order valence-corrected chi connectivity index (χ4v) is 5.94. The summed E-state index contributed by atoms with van der Waals surface area (Å²) in [5.41, 5.74) is 1.04. The summed E-state index contributed by atoms with van der Waals surface area (Å²) in [5.74, 6) is -0.124. The monoisotopic (exact) mass is 508 g/mol. The minimum Gasteiger partial charge on any atom is -0.349 e. The lowest BCUT2D eigenvalue weighted by molar-refractivity contribution is -0.131. The molecule has 2 amide bonds. The maximum atomic E-state index is 14.7. The molecule has 1 aromatic heterocycles. The number of hydrogen-bond acceptors (Lipinski definition) is 4. The molecule has 6 nitrogen and oxygen atoms in total. The first-order valence-electron chi connectivity index (χ1n) is 12.5. The highest BCUT2D eigenvalue weighted by atomic mass is 35.5. The quantitative estimate of drug-likeness (QED) is 0.548. The molecule has 1 aromatic carbocycles. The number of carbonyl (C=O) groups is 2. The number of rotatable bonds is 3. The summed E-state index contributed by atoms with van der Waals surface area (Å²) in [7, 11) is 0. The van der Waals surface area contributed by atoms with E-state index in [1.165, 1.54) is 12.1 Å². The Hall–Kier alpha value is -3.06. The number of hydrogen-bond donors (Lipinski definition) is 0. The topological polar surface area (TPSA) is 65.9 Å².